The molecule has 0 unspecified atom stereocenters. The van der Waals surface area contributed by atoms with Gasteiger partial charge in [0.1, 0.15) is 6.07 Å². The molecule has 0 radical (unpaired) electrons. The van der Waals surface area contributed by atoms with Crippen LogP contribution in [0.15, 0.2) is 16.6 Å². The van der Waals surface area contributed by atoms with Crippen molar-refractivity contribution in [2.75, 3.05) is 7.11 Å². The maximum atomic E-state index is 11.4. The van der Waals surface area contributed by atoms with Crippen molar-refractivity contribution in [2.24, 2.45) is 0 Å². The average Bonchev–Trinajstić information content (AvgIpc) is 2.20. The smallest absolute Gasteiger partial charge is 0.340 e. The van der Waals surface area contributed by atoms with Gasteiger partial charge in [0.25, 0.3) is 0 Å². The molecule has 0 saturated heterocycles. The second-order valence-corrected chi connectivity index (χ2v) is 4.34. The number of nitriles is 1. The number of halogens is 2. The molecule has 0 aromatic heterocycles. The molecule has 3 nitrogen and oxygen atoms in total. The van der Waals surface area contributed by atoms with Crippen LogP contribution in [0.2, 0.25) is 0 Å². The SMILES string of the molecule is COC(=O)c1c(C#N)ccc(I)c1Br. The van der Waals surface area contributed by atoms with Gasteiger partial charge in [0.05, 0.1) is 18.2 Å². The van der Waals surface area contributed by atoms with Crippen LogP contribution in [0.1, 0.15) is 15.9 Å². The van der Waals surface area contributed by atoms with Gasteiger partial charge < -0.3 is 4.74 Å². The topological polar surface area (TPSA) is 50.1 Å². The minimum absolute atomic E-state index is 0.280. The van der Waals surface area contributed by atoms with E-state index in [4.69, 9.17) is 5.26 Å². The highest BCUT2D eigenvalue weighted by Gasteiger charge is 2.17. The van der Waals surface area contributed by atoms with Gasteiger partial charge >= 0.3 is 5.97 Å². The summed E-state index contributed by atoms with van der Waals surface area (Å²) in [5.41, 5.74) is 0.589. The Kier molecular flexibility index (Phi) is 3.89. The number of carbonyl (C=O) groups is 1. The zero-order valence-corrected chi connectivity index (χ0v) is 10.9. The van der Waals surface area contributed by atoms with Crippen molar-refractivity contribution in [1.29, 1.82) is 5.26 Å². The molecule has 0 bridgehead atoms. The molecule has 0 saturated carbocycles. The molecule has 1 aromatic carbocycles. The monoisotopic (exact) mass is 365 g/mol. The van der Waals surface area contributed by atoms with E-state index in [-0.39, 0.29) is 5.56 Å². The Morgan fingerprint density at radius 1 is 1.64 bits per heavy atom. The van der Waals surface area contributed by atoms with Crippen molar-refractivity contribution in [3.8, 4) is 6.07 Å². The minimum Gasteiger partial charge on any atom is -0.465 e. The van der Waals surface area contributed by atoms with E-state index in [1.807, 2.05) is 6.07 Å². The van der Waals surface area contributed by atoms with Crippen LogP contribution in [0, 0.1) is 14.9 Å². The van der Waals surface area contributed by atoms with Crippen LogP contribution in [-0.4, -0.2) is 13.1 Å². The average molecular weight is 366 g/mol. The first-order chi connectivity index (χ1) is 6.61. The fourth-order valence-corrected chi connectivity index (χ4v) is 1.90. The fourth-order valence-electron chi connectivity index (χ4n) is 0.945. The van der Waals surface area contributed by atoms with Gasteiger partial charge in [0.15, 0.2) is 0 Å². The molecule has 0 aliphatic heterocycles. The summed E-state index contributed by atoms with van der Waals surface area (Å²) < 4.78 is 6.06. The molecule has 14 heavy (non-hydrogen) atoms. The highest BCUT2D eigenvalue weighted by atomic mass is 127. The van der Waals surface area contributed by atoms with Gasteiger partial charge in [-0.1, -0.05) is 0 Å². The minimum atomic E-state index is -0.507. The van der Waals surface area contributed by atoms with Crippen LogP contribution >= 0.6 is 38.5 Å². The van der Waals surface area contributed by atoms with E-state index in [2.05, 4.69) is 43.3 Å². The number of nitrogens with zero attached hydrogens (tertiary/aromatic N) is 1. The van der Waals surface area contributed by atoms with Crippen LogP contribution < -0.4 is 0 Å². The van der Waals surface area contributed by atoms with Gasteiger partial charge in [-0.15, -0.1) is 0 Å². The van der Waals surface area contributed by atoms with E-state index in [1.54, 1.807) is 12.1 Å². The maximum absolute atomic E-state index is 11.4. The van der Waals surface area contributed by atoms with Crippen molar-refractivity contribution >= 4 is 44.5 Å². The lowest BCUT2D eigenvalue weighted by Crippen LogP contribution is -2.06. The number of rotatable bonds is 1. The summed E-state index contributed by atoms with van der Waals surface area (Å²) in [6, 6.07) is 5.30. The van der Waals surface area contributed by atoms with Gasteiger partial charge in [-0.2, -0.15) is 5.26 Å². The first kappa shape index (κ1) is 11.5. The Labute approximate surface area is 103 Å². The fraction of sp³-hybridized carbons (Fsp3) is 0.111. The molecule has 72 valence electrons. The van der Waals surface area contributed by atoms with E-state index in [9.17, 15) is 4.79 Å². The van der Waals surface area contributed by atoms with Crippen LogP contribution in [0.5, 0.6) is 0 Å². The summed E-state index contributed by atoms with van der Waals surface area (Å²) in [5.74, 6) is -0.507. The molecular weight excluding hydrogens is 361 g/mol. The predicted octanol–water partition coefficient (Wildman–Crippen LogP) is 2.71. The molecule has 0 amide bonds. The summed E-state index contributed by atoms with van der Waals surface area (Å²) in [7, 11) is 1.29. The lowest BCUT2D eigenvalue weighted by atomic mass is 10.1. The third-order valence-corrected chi connectivity index (χ3v) is 4.07. The molecule has 0 N–H and O–H groups in total. The number of ether oxygens (including phenoxy) is 1. The second kappa shape index (κ2) is 4.75. The Morgan fingerprint density at radius 2 is 2.29 bits per heavy atom. The quantitative estimate of drug-likeness (QED) is 0.568. The maximum Gasteiger partial charge on any atom is 0.340 e. The molecule has 1 rings (SSSR count). The lowest BCUT2D eigenvalue weighted by Gasteiger charge is -2.05. The van der Waals surface area contributed by atoms with Crippen molar-refractivity contribution < 1.29 is 9.53 Å². The predicted molar refractivity (Wildman–Crippen MR) is 62.9 cm³/mol. The number of benzene rings is 1. The Balaban J connectivity index is 3.45. The normalized spacial score (nSPS) is 9.29. The van der Waals surface area contributed by atoms with Gasteiger partial charge in [0, 0.05) is 8.04 Å². The van der Waals surface area contributed by atoms with Gasteiger partial charge in [-0.3, -0.25) is 0 Å². The second-order valence-electron chi connectivity index (χ2n) is 2.39. The molecule has 0 fully saturated rings. The number of hydrogen-bond acceptors (Lipinski definition) is 3. The molecule has 5 heteroatoms. The molecule has 0 aliphatic rings. The summed E-state index contributed by atoms with van der Waals surface area (Å²) in [6.07, 6.45) is 0. The van der Waals surface area contributed by atoms with E-state index >= 15 is 0 Å². The largest absolute Gasteiger partial charge is 0.465 e. The highest BCUT2D eigenvalue weighted by Crippen LogP contribution is 2.26. The van der Waals surface area contributed by atoms with Crippen molar-refractivity contribution in [3.63, 3.8) is 0 Å². The molecule has 0 atom stereocenters. The Hall–Kier alpha value is -0.610. The van der Waals surface area contributed by atoms with Crippen molar-refractivity contribution in [2.45, 2.75) is 0 Å². The third-order valence-electron chi connectivity index (χ3n) is 1.60. The van der Waals surface area contributed by atoms with E-state index in [0.29, 0.717) is 10.0 Å². The first-order valence-electron chi connectivity index (χ1n) is 3.58. The molecule has 1 aromatic rings. The zero-order chi connectivity index (χ0) is 10.7. The summed E-state index contributed by atoms with van der Waals surface area (Å²) in [6.45, 7) is 0. The number of hydrogen-bond donors (Lipinski definition) is 0. The van der Waals surface area contributed by atoms with Crippen molar-refractivity contribution in [3.05, 3.63) is 31.3 Å². The first-order valence-corrected chi connectivity index (χ1v) is 5.45. The van der Waals surface area contributed by atoms with Crippen LogP contribution in [0.3, 0.4) is 0 Å². The summed E-state index contributed by atoms with van der Waals surface area (Å²) in [5, 5.41) is 8.80. The van der Waals surface area contributed by atoms with Gasteiger partial charge in [-0.05, 0) is 50.7 Å². The molecule has 0 spiro atoms. The van der Waals surface area contributed by atoms with Crippen molar-refractivity contribution in [1.82, 2.24) is 0 Å². The highest BCUT2D eigenvalue weighted by molar-refractivity contribution is 14.1. The third kappa shape index (κ3) is 2.07. The van der Waals surface area contributed by atoms with Gasteiger partial charge in [0.2, 0.25) is 0 Å². The molecule has 0 heterocycles. The van der Waals surface area contributed by atoms with E-state index in [0.717, 1.165) is 3.57 Å². The Bertz CT molecular complexity index is 426. The standard InChI is InChI=1S/C9H5BrINO2/c1-14-9(13)7-5(4-12)2-3-6(11)8(7)10/h2-3H,1H3. The summed E-state index contributed by atoms with van der Waals surface area (Å²) in [4.78, 5) is 11.4. The van der Waals surface area contributed by atoms with E-state index < -0.39 is 5.97 Å². The number of methoxy groups -OCH3 is 1. The molecular formula is C9H5BrINO2. The number of esters is 1. The van der Waals surface area contributed by atoms with Crippen LogP contribution in [0.4, 0.5) is 0 Å². The molecule has 0 aliphatic carbocycles. The van der Waals surface area contributed by atoms with E-state index in [1.165, 1.54) is 7.11 Å². The van der Waals surface area contributed by atoms with Crippen LogP contribution in [-0.2, 0) is 4.74 Å². The lowest BCUT2D eigenvalue weighted by molar-refractivity contribution is 0.0599. The zero-order valence-electron chi connectivity index (χ0n) is 7.17. The summed E-state index contributed by atoms with van der Waals surface area (Å²) >= 11 is 5.32. The van der Waals surface area contributed by atoms with Crippen LogP contribution in [0.25, 0.3) is 0 Å². The Morgan fingerprint density at radius 3 is 2.79 bits per heavy atom. The van der Waals surface area contributed by atoms with Gasteiger partial charge in [-0.25, -0.2) is 4.79 Å². The number of carbonyl (C=O) groups excluding carboxylic acids is 1.